The van der Waals surface area contributed by atoms with Crippen LogP contribution in [-0.2, 0) is 4.79 Å². The summed E-state index contributed by atoms with van der Waals surface area (Å²) in [5, 5.41) is 30.1. The third kappa shape index (κ3) is 5.48. The van der Waals surface area contributed by atoms with E-state index in [1.165, 1.54) is 6.92 Å². The number of rotatable bonds is 6. The third-order valence-electron chi connectivity index (χ3n) is 2.78. The van der Waals surface area contributed by atoms with Crippen molar-refractivity contribution in [3.8, 4) is 0 Å². The van der Waals surface area contributed by atoms with E-state index in [0.717, 1.165) is 0 Å². The highest BCUT2D eigenvalue weighted by Crippen LogP contribution is 2.30. The molecule has 0 saturated carbocycles. The maximum absolute atomic E-state index is 11.6. The quantitative estimate of drug-likeness (QED) is 0.509. The third-order valence-corrected chi connectivity index (χ3v) is 2.78. The predicted molar refractivity (Wildman–Crippen MR) is 67.6 cm³/mol. The van der Waals surface area contributed by atoms with Gasteiger partial charge in [-0.05, 0) is 13.3 Å². The van der Waals surface area contributed by atoms with Crippen molar-refractivity contribution in [3.05, 3.63) is 0 Å². The van der Waals surface area contributed by atoms with E-state index >= 15 is 0 Å². The lowest BCUT2D eigenvalue weighted by Crippen LogP contribution is -2.55. The van der Waals surface area contributed by atoms with Crippen LogP contribution in [0.3, 0.4) is 0 Å². The van der Waals surface area contributed by atoms with Crippen LogP contribution in [0.25, 0.3) is 0 Å². The van der Waals surface area contributed by atoms with Crippen LogP contribution in [0.2, 0.25) is 0 Å². The van der Waals surface area contributed by atoms with Gasteiger partial charge in [-0.2, -0.15) is 0 Å². The minimum absolute atomic E-state index is 0.00812. The van der Waals surface area contributed by atoms with Crippen LogP contribution in [0.5, 0.6) is 0 Å². The van der Waals surface area contributed by atoms with Gasteiger partial charge in [0.15, 0.2) is 0 Å². The lowest BCUT2D eigenvalue weighted by molar-refractivity contribution is -0.154. The molecule has 0 aromatic carbocycles. The Hall–Kier alpha value is -0.650. The van der Waals surface area contributed by atoms with Crippen LogP contribution < -0.4 is 5.32 Å². The number of carbonyl (C=O) groups excluding carboxylic acids is 1. The topological polar surface area (TPSA) is 89.8 Å². The van der Waals surface area contributed by atoms with Crippen LogP contribution >= 0.6 is 0 Å². The van der Waals surface area contributed by atoms with E-state index in [4.69, 9.17) is 10.2 Å². The van der Waals surface area contributed by atoms with E-state index in [-0.39, 0.29) is 13.2 Å². The summed E-state index contributed by atoms with van der Waals surface area (Å²) in [6.45, 7) is 8.61. The Balaban J connectivity index is 0. The molecule has 0 bridgehead atoms. The molecule has 4 N–H and O–H groups in total. The fraction of sp³-hybridized carbons (Fsp3) is 0.917. The summed E-state index contributed by atoms with van der Waals surface area (Å²) in [6, 6.07) is 0. The lowest BCUT2D eigenvalue weighted by atomic mass is 9.76. The molecule has 0 rings (SSSR count). The maximum Gasteiger partial charge on any atom is 0.252 e. The van der Waals surface area contributed by atoms with Crippen LogP contribution in [0.4, 0.5) is 0 Å². The van der Waals surface area contributed by atoms with Gasteiger partial charge in [-0.3, -0.25) is 4.79 Å². The maximum atomic E-state index is 11.6. The fourth-order valence-corrected chi connectivity index (χ4v) is 0.914. The molecule has 0 aromatic heterocycles. The number of nitrogens with one attached hydrogen (secondary N) is 1. The van der Waals surface area contributed by atoms with E-state index in [1.54, 1.807) is 13.8 Å². The normalized spacial score (nSPS) is 14.4. The number of hydrogen-bond acceptors (Lipinski definition) is 4. The fourth-order valence-electron chi connectivity index (χ4n) is 0.914. The number of aliphatic hydroxyl groups is 3. The van der Waals surface area contributed by atoms with Gasteiger partial charge in [0.2, 0.25) is 0 Å². The summed E-state index contributed by atoms with van der Waals surface area (Å²) in [4.78, 5) is 11.6. The molecule has 5 nitrogen and oxygen atoms in total. The minimum Gasteiger partial charge on any atom is -0.396 e. The van der Waals surface area contributed by atoms with Crippen molar-refractivity contribution in [1.82, 2.24) is 5.32 Å². The van der Waals surface area contributed by atoms with E-state index in [1.807, 2.05) is 13.8 Å². The van der Waals surface area contributed by atoms with Crippen molar-refractivity contribution in [1.29, 1.82) is 0 Å². The molecular formula is C12H27NO4. The number of carbonyl (C=O) groups is 1. The van der Waals surface area contributed by atoms with Gasteiger partial charge in [-0.15, -0.1) is 0 Å². The molecule has 1 amide bonds. The molecule has 0 unspecified atom stereocenters. The monoisotopic (exact) mass is 249 g/mol. The summed E-state index contributed by atoms with van der Waals surface area (Å²) in [5.41, 5.74) is -2.53. The van der Waals surface area contributed by atoms with E-state index in [9.17, 15) is 9.90 Å². The SMILES string of the molecule is CC.CC(C)(CO)[C@@](C)(O)C(=O)NCCCO. The molecule has 17 heavy (non-hydrogen) atoms. The molecule has 0 aliphatic rings. The molecule has 5 heteroatoms. The van der Waals surface area contributed by atoms with Crippen molar-refractivity contribution in [2.45, 2.75) is 46.6 Å². The van der Waals surface area contributed by atoms with E-state index in [2.05, 4.69) is 5.32 Å². The zero-order valence-corrected chi connectivity index (χ0v) is 11.6. The molecular weight excluding hydrogens is 222 g/mol. The Kier molecular flexibility index (Phi) is 9.29. The van der Waals surface area contributed by atoms with Gasteiger partial charge in [0.25, 0.3) is 5.91 Å². The number of aliphatic hydroxyl groups excluding tert-OH is 2. The second-order valence-electron chi connectivity index (χ2n) is 4.45. The highest BCUT2D eigenvalue weighted by Gasteiger charge is 2.45. The van der Waals surface area contributed by atoms with Gasteiger partial charge in [0.05, 0.1) is 6.61 Å². The van der Waals surface area contributed by atoms with Crippen LogP contribution in [0.15, 0.2) is 0 Å². The molecule has 1 atom stereocenters. The Morgan fingerprint density at radius 2 is 1.65 bits per heavy atom. The Labute approximate surface area is 104 Å². The van der Waals surface area contributed by atoms with Crippen molar-refractivity contribution in [2.75, 3.05) is 19.8 Å². The zero-order valence-electron chi connectivity index (χ0n) is 11.6. The molecule has 0 heterocycles. The van der Waals surface area contributed by atoms with Crippen LogP contribution in [0, 0.1) is 5.41 Å². The smallest absolute Gasteiger partial charge is 0.252 e. The van der Waals surface area contributed by atoms with Gasteiger partial charge in [-0.1, -0.05) is 27.7 Å². The summed E-state index contributed by atoms with van der Waals surface area (Å²) < 4.78 is 0. The summed E-state index contributed by atoms with van der Waals surface area (Å²) in [7, 11) is 0. The first-order valence-electron chi connectivity index (χ1n) is 6.02. The summed E-state index contributed by atoms with van der Waals surface area (Å²) in [5.74, 6) is -0.532. The van der Waals surface area contributed by atoms with E-state index in [0.29, 0.717) is 13.0 Å². The average molecular weight is 249 g/mol. The first kappa shape index (κ1) is 18.7. The van der Waals surface area contributed by atoms with E-state index < -0.39 is 16.9 Å². The van der Waals surface area contributed by atoms with Gasteiger partial charge in [-0.25, -0.2) is 0 Å². The Morgan fingerprint density at radius 1 is 1.18 bits per heavy atom. The molecule has 0 aliphatic heterocycles. The van der Waals surface area contributed by atoms with Crippen molar-refractivity contribution in [3.63, 3.8) is 0 Å². The first-order valence-corrected chi connectivity index (χ1v) is 6.02. The van der Waals surface area contributed by atoms with Gasteiger partial charge in [0.1, 0.15) is 5.60 Å². The summed E-state index contributed by atoms with van der Waals surface area (Å²) >= 11 is 0. The molecule has 0 aliphatic carbocycles. The largest absolute Gasteiger partial charge is 0.396 e. The Morgan fingerprint density at radius 3 is 2.00 bits per heavy atom. The van der Waals surface area contributed by atoms with Gasteiger partial charge >= 0.3 is 0 Å². The lowest BCUT2D eigenvalue weighted by Gasteiger charge is -2.37. The first-order chi connectivity index (χ1) is 7.79. The van der Waals surface area contributed by atoms with Crippen molar-refractivity contribution < 1.29 is 20.1 Å². The highest BCUT2D eigenvalue weighted by atomic mass is 16.3. The second kappa shape index (κ2) is 8.44. The van der Waals surface area contributed by atoms with Gasteiger partial charge < -0.3 is 20.6 Å². The van der Waals surface area contributed by atoms with Crippen LogP contribution in [0.1, 0.15) is 41.0 Å². The highest BCUT2D eigenvalue weighted by molar-refractivity contribution is 5.85. The molecule has 0 aromatic rings. The van der Waals surface area contributed by atoms with Crippen molar-refractivity contribution >= 4 is 5.91 Å². The number of amides is 1. The standard InChI is InChI=1S/C10H21NO4.C2H6/c1-9(2,7-13)10(3,15)8(14)11-5-4-6-12;1-2/h12-13,15H,4-7H2,1-3H3,(H,11,14);1-2H3/t10-;/m0./s1. The minimum atomic E-state index is -1.63. The zero-order chi connectivity index (χ0) is 14.1. The molecule has 0 radical (unpaired) electrons. The van der Waals surface area contributed by atoms with Crippen LogP contribution in [-0.4, -0.2) is 46.6 Å². The average Bonchev–Trinajstić information content (AvgIpc) is 2.31. The molecule has 104 valence electrons. The number of hydrogen-bond donors (Lipinski definition) is 4. The second-order valence-corrected chi connectivity index (χ2v) is 4.45. The van der Waals surface area contributed by atoms with Crippen molar-refractivity contribution in [2.24, 2.45) is 5.41 Å². The molecule has 0 saturated heterocycles. The summed E-state index contributed by atoms with van der Waals surface area (Å²) in [6.07, 6.45) is 0.446. The van der Waals surface area contributed by atoms with Gasteiger partial charge in [0, 0.05) is 18.6 Å². The Bertz CT molecular complexity index is 215. The predicted octanol–water partition coefficient (Wildman–Crippen LogP) is 0.281. The molecule has 0 spiro atoms. The molecule has 0 fully saturated rings.